The standard InChI is InChI=1S/C21H23NSi/c1-16-4-10-19(11-5-16)23(22,20-12-6-17(2)7-13-20)21-14-8-18(3)9-15-21/h4-15H,22H2,1-3H3. The Morgan fingerprint density at radius 3 is 0.913 bits per heavy atom. The molecule has 23 heavy (non-hydrogen) atoms. The van der Waals surface area contributed by atoms with Crippen LogP contribution in [-0.2, 0) is 0 Å². The maximum absolute atomic E-state index is 7.15. The third kappa shape index (κ3) is 3.00. The summed E-state index contributed by atoms with van der Waals surface area (Å²) in [7, 11) is -2.45. The zero-order valence-electron chi connectivity index (χ0n) is 14.0. The van der Waals surface area contributed by atoms with E-state index in [1.165, 1.54) is 32.3 Å². The molecule has 2 heteroatoms. The number of benzene rings is 3. The first kappa shape index (κ1) is 15.7. The Kier molecular flexibility index (Phi) is 4.20. The van der Waals surface area contributed by atoms with Crippen molar-refractivity contribution in [3.8, 4) is 0 Å². The number of aryl methyl sites for hydroxylation is 3. The van der Waals surface area contributed by atoms with E-state index in [4.69, 9.17) is 5.40 Å². The van der Waals surface area contributed by atoms with Gasteiger partial charge in [0.25, 0.3) is 0 Å². The molecule has 0 saturated heterocycles. The molecule has 0 unspecified atom stereocenters. The number of nitrogens with two attached hydrogens (primary N) is 1. The highest BCUT2D eigenvalue weighted by Crippen LogP contribution is 2.06. The van der Waals surface area contributed by atoms with Crippen LogP contribution in [0.2, 0.25) is 0 Å². The maximum atomic E-state index is 7.15. The minimum atomic E-state index is -2.45. The van der Waals surface area contributed by atoms with E-state index in [0.717, 1.165) is 0 Å². The van der Waals surface area contributed by atoms with Crippen LogP contribution in [0, 0.1) is 20.8 Å². The first-order chi connectivity index (χ1) is 11.0. The predicted molar refractivity (Wildman–Crippen MR) is 102 cm³/mol. The number of rotatable bonds is 3. The summed E-state index contributed by atoms with van der Waals surface area (Å²) < 4.78 is 0. The molecule has 0 saturated carbocycles. The molecule has 0 atom stereocenters. The number of hydrogen-bond acceptors (Lipinski definition) is 1. The quantitative estimate of drug-likeness (QED) is 0.583. The average Bonchev–Trinajstić information content (AvgIpc) is 2.56. The molecule has 0 radical (unpaired) electrons. The Hall–Kier alpha value is -2.16. The van der Waals surface area contributed by atoms with Crippen LogP contribution in [0.5, 0.6) is 0 Å². The molecular formula is C21H23NSi. The van der Waals surface area contributed by atoms with E-state index in [9.17, 15) is 0 Å². The molecule has 2 N–H and O–H groups in total. The van der Waals surface area contributed by atoms with Crippen molar-refractivity contribution in [2.45, 2.75) is 20.8 Å². The van der Waals surface area contributed by atoms with Gasteiger partial charge in [-0.05, 0) is 36.3 Å². The highest BCUT2D eigenvalue weighted by atomic mass is 28.3. The summed E-state index contributed by atoms with van der Waals surface area (Å²) >= 11 is 0. The molecule has 0 bridgehead atoms. The largest absolute Gasteiger partial charge is 0.340 e. The fourth-order valence-electron chi connectivity index (χ4n) is 2.95. The Bertz CT molecular complexity index is 676. The zero-order chi connectivity index (χ0) is 16.4. The van der Waals surface area contributed by atoms with Gasteiger partial charge in [-0.2, -0.15) is 0 Å². The van der Waals surface area contributed by atoms with Crippen molar-refractivity contribution in [3.63, 3.8) is 0 Å². The lowest BCUT2D eigenvalue weighted by molar-refractivity contribution is 1.46. The lowest BCUT2D eigenvalue weighted by Crippen LogP contribution is -2.74. The first-order valence-electron chi connectivity index (χ1n) is 8.00. The fraction of sp³-hybridized carbons (Fsp3) is 0.143. The van der Waals surface area contributed by atoms with Gasteiger partial charge in [-0.3, -0.25) is 0 Å². The third-order valence-electron chi connectivity index (χ3n) is 4.52. The van der Waals surface area contributed by atoms with Crippen LogP contribution in [0.15, 0.2) is 72.8 Å². The Labute approximate surface area is 139 Å². The predicted octanol–water partition coefficient (Wildman–Crippen LogP) is 2.54. The molecule has 3 aromatic rings. The molecule has 0 aromatic heterocycles. The normalized spacial score (nSPS) is 11.5. The van der Waals surface area contributed by atoms with Crippen molar-refractivity contribution in [1.82, 2.24) is 0 Å². The van der Waals surface area contributed by atoms with Gasteiger partial charge in [-0.1, -0.05) is 89.5 Å². The van der Waals surface area contributed by atoms with E-state index in [0.29, 0.717) is 0 Å². The van der Waals surface area contributed by atoms with Gasteiger partial charge in [-0.25, -0.2) is 0 Å². The summed E-state index contributed by atoms with van der Waals surface area (Å²) in [4.78, 5) is 0. The molecule has 116 valence electrons. The molecule has 0 aliphatic rings. The molecule has 0 fully saturated rings. The van der Waals surface area contributed by atoms with Crippen molar-refractivity contribution >= 4 is 23.8 Å². The molecule has 0 heterocycles. The molecule has 0 aliphatic carbocycles. The number of hydrogen-bond donors (Lipinski definition) is 1. The van der Waals surface area contributed by atoms with Gasteiger partial charge in [0, 0.05) is 0 Å². The van der Waals surface area contributed by atoms with Crippen molar-refractivity contribution in [1.29, 1.82) is 0 Å². The molecule has 3 rings (SSSR count). The third-order valence-corrected chi connectivity index (χ3v) is 8.25. The molecule has 0 amide bonds. The lowest BCUT2D eigenvalue weighted by Gasteiger charge is -2.29. The van der Waals surface area contributed by atoms with Crippen LogP contribution in [0.4, 0.5) is 0 Å². The topological polar surface area (TPSA) is 26.0 Å². The smallest absolute Gasteiger partial charge is 0.219 e. The van der Waals surface area contributed by atoms with Crippen molar-refractivity contribution < 1.29 is 0 Å². The van der Waals surface area contributed by atoms with Crippen LogP contribution in [0.3, 0.4) is 0 Å². The second-order valence-corrected chi connectivity index (χ2v) is 9.75. The van der Waals surface area contributed by atoms with Crippen LogP contribution < -0.4 is 21.0 Å². The van der Waals surface area contributed by atoms with Gasteiger partial charge < -0.3 is 5.40 Å². The van der Waals surface area contributed by atoms with Gasteiger partial charge in [0.2, 0.25) is 8.24 Å². The Balaban J connectivity index is 2.21. The minimum absolute atomic E-state index is 1.25. The van der Waals surface area contributed by atoms with Gasteiger partial charge in [-0.15, -0.1) is 0 Å². The van der Waals surface area contributed by atoms with E-state index in [2.05, 4.69) is 93.6 Å². The lowest BCUT2D eigenvalue weighted by atomic mass is 10.2. The fourth-order valence-corrected chi connectivity index (χ4v) is 6.03. The monoisotopic (exact) mass is 317 g/mol. The summed E-state index contributed by atoms with van der Waals surface area (Å²) in [6.07, 6.45) is 0. The molecule has 0 aliphatic heterocycles. The van der Waals surface area contributed by atoms with Crippen molar-refractivity contribution in [2.24, 2.45) is 5.40 Å². The summed E-state index contributed by atoms with van der Waals surface area (Å²) in [6.45, 7) is 6.34. The maximum Gasteiger partial charge on any atom is 0.219 e. The molecule has 0 spiro atoms. The Morgan fingerprint density at radius 2 is 0.696 bits per heavy atom. The summed E-state index contributed by atoms with van der Waals surface area (Å²) in [5.74, 6) is 0. The van der Waals surface area contributed by atoms with E-state index >= 15 is 0 Å². The van der Waals surface area contributed by atoms with Gasteiger partial charge >= 0.3 is 0 Å². The highest BCUT2D eigenvalue weighted by molar-refractivity contribution is 7.09. The van der Waals surface area contributed by atoms with E-state index in [-0.39, 0.29) is 0 Å². The molecule has 3 aromatic carbocycles. The van der Waals surface area contributed by atoms with Crippen LogP contribution in [-0.4, -0.2) is 8.24 Å². The van der Waals surface area contributed by atoms with Gasteiger partial charge in [0.1, 0.15) is 0 Å². The van der Waals surface area contributed by atoms with E-state index < -0.39 is 8.24 Å². The van der Waals surface area contributed by atoms with E-state index in [1.54, 1.807) is 0 Å². The summed E-state index contributed by atoms with van der Waals surface area (Å²) in [6, 6.07) is 26.1. The van der Waals surface area contributed by atoms with Crippen molar-refractivity contribution in [3.05, 3.63) is 89.5 Å². The second kappa shape index (κ2) is 6.15. The SMILES string of the molecule is Cc1ccc([Si](N)(c2ccc(C)cc2)c2ccc(C)cc2)cc1. The van der Waals surface area contributed by atoms with Gasteiger partial charge in [0.05, 0.1) is 0 Å². The summed E-state index contributed by atoms with van der Waals surface area (Å²) in [5.41, 5.74) is 3.79. The van der Waals surface area contributed by atoms with Crippen LogP contribution in [0.25, 0.3) is 0 Å². The first-order valence-corrected chi connectivity index (χ1v) is 10.1. The zero-order valence-corrected chi connectivity index (χ0v) is 15.0. The average molecular weight is 318 g/mol. The summed E-state index contributed by atoms with van der Waals surface area (Å²) in [5, 5.41) is 10.9. The van der Waals surface area contributed by atoms with Crippen LogP contribution >= 0.6 is 0 Å². The molecular weight excluding hydrogens is 294 g/mol. The highest BCUT2D eigenvalue weighted by Gasteiger charge is 2.35. The van der Waals surface area contributed by atoms with Crippen molar-refractivity contribution in [2.75, 3.05) is 0 Å². The molecule has 1 nitrogen and oxygen atoms in total. The van der Waals surface area contributed by atoms with E-state index in [1.807, 2.05) is 0 Å². The second-order valence-electron chi connectivity index (χ2n) is 6.41. The van der Waals surface area contributed by atoms with Gasteiger partial charge in [0.15, 0.2) is 0 Å². The minimum Gasteiger partial charge on any atom is -0.340 e. The Morgan fingerprint density at radius 1 is 0.478 bits per heavy atom. The van der Waals surface area contributed by atoms with Crippen LogP contribution in [0.1, 0.15) is 16.7 Å².